The van der Waals surface area contributed by atoms with E-state index in [0.29, 0.717) is 6.54 Å². The van der Waals surface area contributed by atoms with Crippen molar-refractivity contribution in [3.05, 3.63) is 23.8 Å². The number of nitrogen functional groups attached to an aromatic ring is 1. The van der Waals surface area contributed by atoms with Crippen molar-refractivity contribution in [3.63, 3.8) is 0 Å². The highest BCUT2D eigenvalue weighted by molar-refractivity contribution is 5.83. The van der Waals surface area contributed by atoms with Gasteiger partial charge < -0.3 is 15.5 Å². The number of carbonyl (C=O) groups excluding carboxylic acids is 1. The third kappa shape index (κ3) is 1.83. The molecule has 86 valence electrons. The second-order valence-corrected chi connectivity index (χ2v) is 4.23. The van der Waals surface area contributed by atoms with Gasteiger partial charge in [0.2, 0.25) is 5.91 Å². The lowest BCUT2D eigenvalue weighted by atomic mass is 10.1. The van der Waals surface area contributed by atoms with Crippen LogP contribution in [0.25, 0.3) is 0 Å². The molecule has 1 aliphatic rings. The fourth-order valence-corrected chi connectivity index (χ4v) is 1.95. The van der Waals surface area contributed by atoms with Gasteiger partial charge in [0.25, 0.3) is 0 Å². The summed E-state index contributed by atoms with van der Waals surface area (Å²) in [7, 11) is 1.84. The highest BCUT2D eigenvalue weighted by Gasteiger charge is 2.22. The van der Waals surface area contributed by atoms with E-state index in [2.05, 4.69) is 4.90 Å². The van der Waals surface area contributed by atoms with E-state index in [9.17, 15) is 4.79 Å². The molecule has 16 heavy (non-hydrogen) atoms. The number of benzene rings is 1. The molecule has 2 N–H and O–H groups in total. The molecule has 1 aromatic rings. The number of anilines is 2. The van der Waals surface area contributed by atoms with Crippen LogP contribution in [0.1, 0.15) is 5.56 Å². The molecule has 1 aliphatic heterocycles. The van der Waals surface area contributed by atoms with E-state index < -0.39 is 0 Å². The van der Waals surface area contributed by atoms with Gasteiger partial charge in [0.05, 0.1) is 6.54 Å². The number of piperazine rings is 1. The summed E-state index contributed by atoms with van der Waals surface area (Å²) in [6, 6.07) is 5.83. The molecule has 0 bridgehead atoms. The number of likely N-dealkylation sites (N-methyl/N-ethyl adjacent to an activating group) is 1. The quantitative estimate of drug-likeness (QED) is 0.713. The number of nitrogens with two attached hydrogens (primary N) is 1. The van der Waals surface area contributed by atoms with Crippen molar-refractivity contribution in [1.82, 2.24) is 4.90 Å². The van der Waals surface area contributed by atoms with Crippen LogP contribution in [-0.4, -0.2) is 37.5 Å². The Bertz CT molecular complexity index is 417. The summed E-state index contributed by atoms with van der Waals surface area (Å²) >= 11 is 0. The summed E-state index contributed by atoms with van der Waals surface area (Å²) in [6.45, 7) is 4.08. The van der Waals surface area contributed by atoms with Crippen LogP contribution in [-0.2, 0) is 4.79 Å². The van der Waals surface area contributed by atoms with Gasteiger partial charge >= 0.3 is 0 Å². The van der Waals surface area contributed by atoms with Gasteiger partial charge in [-0.2, -0.15) is 0 Å². The maximum absolute atomic E-state index is 11.6. The minimum atomic E-state index is 0.160. The molecular weight excluding hydrogens is 202 g/mol. The van der Waals surface area contributed by atoms with E-state index in [1.807, 2.05) is 32.2 Å². The zero-order valence-corrected chi connectivity index (χ0v) is 9.73. The summed E-state index contributed by atoms with van der Waals surface area (Å²) in [6.07, 6.45) is 0. The average molecular weight is 219 g/mol. The summed E-state index contributed by atoms with van der Waals surface area (Å²) < 4.78 is 0. The molecule has 4 nitrogen and oxygen atoms in total. The summed E-state index contributed by atoms with van der Waals surface area (Å²) in [5.74, 6) is 0.160. The predicted octanol–water partition coefficient (Wildman–Crippen LogP) is 0.856. The van der Waals surface area contributed by atoms with Crippen LogP contribution < -0.4 is 10.6 Å². The molecule has 0 aliphatic carbocycles. The van der Waals surface area contributed by atoms with Crippen LogP contribution in [0.2, 0.25) is 0 Å². The van der Waals surface area contributed by atoms with Gasteiger partial charge in [0.1, 0.15) is 0 Å². The molecule has 0 radical (unpaired) electrons. The van der Waals surface area contributed by atoms with Crippen molar-refractivity contribution >= 4 is 17.3 Å². The SMILES string of the molecule is Cc1c(N)cccc1N1CCN(C)C(=O)C1. The summed E-state index contributed by atoms with van der Waals surface area (Å²) in [5, 5.41) is 0. The van der Waals surface area contributed by atoms with E-state index in [1.165, 1.54) is 0 Å². The molecule has 4 heteroatoms. The number of nitrogens with zero attached hydrogens (tertiary/aromatic N) is 2. The maximum atomic E-state index is 11.6. The van der Waals surface area contributed by atoms with E-state index >= 15 is 0 Å². The number of rotatable bonds is 1. The zero-order chi connectivity index (χ0) is 11.7. The van der Waals surface area contributed by atoms with Gasteiger partial charge in [-0.05, 0) is 24.6 Å². The molecule has 1 heterocycles. The van der Waals surface area contributed by atoms with Crippen LogP contribution in [0.3, 0.4) is 0 Å². The van der Waals surface area contributed by atoms with Gasteiger partial charge in [-0.15, -0.1) is 0 Å². The van der Waals surface area contributed by atoms with Crippen molar-refractivity contribution in [3.8, 4) is 0 Å². The fraction of sp³-hybridized carbons (Fsp3) is 0.417. The van der Waals surface area contributed by atoms with E-state index in [1.54, 1.807) is 4.90 Å². The van der Waals surface area contributed by atoms with Crippen LogP contribution in [0, 0.1) is 6.92 Å². The van der Waals surface area contributed by atoms with Gasteiger partial charge in [0, 0.05) is 31.5 Å². The first-order valence-corrected chi connectivity index (χ1v) is 5.43. The van der Waals surface area contributed by atoms with Crippen LogP contribution in [0.15, 0.2) is 18.2 Å². The third-order valence-corrected chi connectivity index (χ3v) is 3.14. The number of hydrogen-bond donors (Lipinski definition) is 1. The largest absolute Gasteiger partial charge is 0.398 e. The topological polar surface area (TPSA) is 49.6 Å². The Kier molecular flexibility index (Phi) is 2.73. The Hall–Kier alpha value is -1.71. The summed E-state index contributed by atoms with van der Waals surface area (Å²) in [5.41, 5.74) is 8.77. The van der Waals surface area contributed by atoms with Gasteiger partial charge in [0.15, 0.2) is 0 Å². The normalized spacial score (nSPS) is 16.8. The molecule has 1 saturated heterocycles. The average Bonchev–Trinajstić information content (AvgIpc) is 2.26. The molecule has 1 amide bonds. The molecule has 0 spiro atoms. The predicted molar refractivity (Wildman–Crippen MR) is 65.4 cm³/mol. The number of amides is 1. The second-order valence-electron chi connectivity index (χ2n) is 4.23. The van der Waals surface area contributed by atoms with Crippen molar-refractivity contribution in [2.75, 3.05) is 37.3 Å². The third-order valence-electron chi connectivity index (χ3n) is 3.14. The summed E-state index contributed by atoms with van der Waals surface area (Å²) in [4.78, 5) is 15.5. The zero-order valence-electron chi connectivity index (χ0n) is 9.73. The molecule has 0 unspecified atom stereocenters. The Labute approximate surface area is 95.6 Å². The van der Waals surface area contributed by atoms with E-state index in [-0.39, 0.29) is 5.91 Å². The number of hydrogen-bond acceptors (Lipinski definition) is 3. The Morgan fingerprint density at radius 3 is 2.75 bits per heavy atom. The van der Waals surface area contributed by atoms with Crippen molar-refractivity contribution in [2.45, 2.75) is 6.92 Å². The second kappa shape index (κ2) is 4.04. The lowest BCUT2D eigenvalue weighted by Crippen LogP contribution is -2.48. The molecule has 0 aromatic heterocycles. The van der Waals surface area contributed by atoms with E-state index in [4.69, 9.17) is 5.73 Å². The highest BCUT2D eigenvalue weighted by Crippen LogP contribution is 2.25. The van der Waals surface area contributed by atoms with Crippen molar-refractivity contribution in [1.29, 1.82) is 0 Å². The maximum Gasteiger partial charge on any atom is 0.241 e. The lowest BCUT2D eigenvalue weighted by molar-refractivity contribution is -0.129. The molecule has 0 saturated carbocycles. The molecule has 1 fully saturated rings. The first kappa shape index (κ1) is 10.8. The Morgan fingerprint density at radius 1 is 1.31 bits per heavy atom. The van der Waals surface area contributed by atoms with Gasteiger partial charge in [-0.1, -0.05) is 6.07 Å². The van der Waals surface area contributed by atoms with Crippen LogP contribution >= 0.6 is 0 Å². The van der Waals surface area contributed by atoms with Gasteiger partial charge in [-0.3, -0.25) is 4.79 Å². The minimum Gasteiger partial charge on any atom is -0.398 e. The van der Waals surface area contributed by atoms with Gasteiger partial charge in [-0.25, -0.2) is 0 Å². The van der Waals surface area contributed by atoms with Crippen LogP contribution in [0.4, 0.5) is 11.4 Å². The smallest absolute Gasteiger partial charge is 0.241 e. The standard InChI is InChI=1S/C12H17N3O/c1-9-10(13)4-3-5-11(9)15-7-6-14(2)12(16)8-15/h3-5H,6-8,13H2,1-2H3. The Morgan fingerprint density at radius 2 is 2.06 bits per heavy atom. The lowest BCUT2D eigenvalue weighted by Gasteiger charge is -2.34. The highest BCUT2D eigenvalue weighted by atomic mass is 16.2. The first-order valence-electron chi connectivity index (χ1n) is 5.43. The molecular formula is C12H17N3O. The number of carbonyl (C=O) groups is 1. The van der Waals surface area contributed by atoms with Crippen LogP contribution in [0.5, 0.6) is 0 Å². The monoisotopic (exact) mass is 219 g/mol. The van der Waals surface area contributed by atoms with Crippen molar-refractivity contribution in [2.24, 2.45) is 0 Å². The van der Waals surface area contributed by atoms with E-state index in [0.717, 1.165) is 30.0 Å². The Balaban J connectivity index is 2.25. The fourth-order valence-electron chi connectivity index (χ4n) is 1.95. The first-order chi connectivity index (χ1) is 7.59. The molecule has 1 aromatic carbocycles. The molecule has 0 atom stereocenters. The minimum absolute atomic E-state index is 0.160. The van der Waals surface area contributed by atoms with Crippen molar-refractivity contribution < 1.29 is 4.79 Å². The molecule has 2 rings (SSSR count).